The van der Waals surface area contributed by atoms with Gasteiger partial charge in [-0.05, 0) is 44.4 Å². The van der Waals surface area contributed by atoms with E-state index < -0.39 is 0 Å². The Morgan fingerprint density at radius 3 is 3.14 bits per heavy atom. The van der Waals surface area contributed by atoms with Gasteiger partial charge in [0.05, 0.1) is 0 Å². The second-order valence-electron chi connectivity index (χ2n) is 5.87. The lowest BCUT2D eigenvalue weighted by Crippen LogP contribution is -2.42. The van der Waals surface area contributed by atoms with Crippen LogP contribution in [0.5, 0.6) is 0 Å². The van der Waals surface area contributed by atoms with Gasteiger partial charge in [0.15, 0.2) is 5.82 Å². The summed E-state index contributed by atoms with van der Waals surface area (Å²) in [6.07, 6.45) is 6.81. The number of nitrogens with zero attached hydrogens (tertiary/aromatic N) is 3. The molecule has 0 saturated carbocycles. The predicted molar refractivity (Wildman–Crippen MR) is 81.1 cm³/mol. The second-order valence-corrected chi connectivity index (χ2v) is 5.87. The summed E-state index contributed by atoms with van der Waals surface area (Å²) in [6, 6.07) is 4.59. The molecule has 0 radical (unpaired) electrons. The third-order valence-electron chi connectivity index (χ3n) is 4.36. The molecule has 2 aliphatic rings. The minimum Gasteiger partial charge on any atom is -0.354 e. The van der Waals surface area contributed by atoms with Crippen LogP contribution in [0.3, 0.4) is 0 Å². The summed E-state index contributed by atoms with van der Waals surface area (Å²) in [5.41, 5.74) is 0. The van der Waals surface area contributed by atoms with Crippen molar-refractivity contribution in [1.82, 2.24) is 20.8 Å². The first-order valence-electron chi connectivity index (χ1n) is 7.87. The molecule has 2 atom stereocenters. The van der Waals surface area contributed by atoms with E-state index in [1.165, 1.54) is 6.42 Å². The summed E-state index contributed by atoms with van der Waals surface area (Å²) in [7, 11) is 0. The van der Waals surface area contributed by atoms with E-state index in [-0.39, 0.29) is 5.91 Å². The average Bonchev–Trinajstić information content (AvgIpc) is 3.17. The topological polar surface area (TPSA) is 70.2 Å². The van der Waals surface area contributed by atoms with Crippen LogP contribution in [0.4, 0.5) is 5.82 Å². The van der Waals surface area contributed by atoms with Gasteiger partial charge in [0, 0.05) is 37.8 Å². The third-order valence-corrected chi connectivity index (χ3v) is 4.36. The molecule has 1 aromatic rings. The molecule has 1 aromatic heterocycles. The lowest BCUT2D eigenvalue weighted by molar-refractivity contribution is -0.121. The van der Waals surface area contributed by atoms with Crippen LogP contribution in [-0.4, -0.2) is 47.8 Å². The highest BCUT2D eigenvalue weighted by molar-refractivity contribution is 5.76. The highest BCUT2D eigenvalue weighted by atomic mass is 16.1. The first kappa shape index (κ1) is 14.3. The Morgan fingerprint density at radius 2 is 2.38 bits per heavy atom. The zero-order chi connectivity index (χ0) is 14.5. The molecule has 6 heteroatoms. The standard InChI is InChI=1S/C15H23N5O/c21-15(10-12-4-1-7-16-12)17-11-13-5-3-9-20(13)14-6-2-8-18-19-14/h2,6,8,12-13,16H,1,3-5,7,9-11H2,(H,17,21). The Bertz CT molecular complexity index is 460. The van der Waals surface area contributed by atoms with Gasteiger partial charge in [-0.2, -0.15) is 5.10 Å². The van der Waals surface area contributed by atoms with Crippen molar-refractivity contribution in [2.45, 2.75) is 44.2 Å². The summed E-state index contributed by atoms with van der Waals surface area (Å²) in [4.78, 5) is 14.3. The van der Waals surface area contributed by atoms with Crippen LogP contribution in [-0.2, 0) is 4.79 Å². The maximum atomic E-state index is 12.0. The van der Waals surface area contributed by atoms with E-state index in [2.05, 4.69) is 25.7 Å². The molecule has 0 spiro atoms. The number of aromatic nitrogens is 2. The van der Waals surface area contributed by atoms with E-state index in [4.69, 9.17) is 0 Å². The number of carbonyl (C=O) groups is 1. The molecule has 0 aromatic carbocycles. The minimum absolute atomic E-state index is 0.153. The second kappa shape index (κ2) is 6.85. The van der Waals surface area contributed by atoms with Crippen LogP contribution < -0.4 is 15.5 Å². The van der Waals surface area contributed by atoms with Gasteiger partial charge in [-0.1, -0.05) is 0 Å². The molecular weight excluding hydrogens is 266 g/mol. The number of amides is 1. The van der Waals surface area contributed by atoms with Gasteiger partial charge in [-0.15, -0.1) is 5.10 Å². The Hall–Kier alpha value is -1.69. The van der Waals surface area contributed by atoms with Crippen molar-refractivity contribution in [1.29, 1.82) is 0 Å². The summed E-state index contributed by atoms with van der Waals surface area (Å²) >= 11 is 0. The van der Waals surface area contributed by atoms with Gasteiger partial charge in [0.2, 0.25) is 5.91 Å². The van der Waals surface area contributed by atoms with Gasteiger partial charge in [-0.25, -0.2) is 0 Å². The van der Waals surface area contributed by atoms with E-state index in [0.717, 1.165) is 38.2 Å². The molecule has 0 aliphatic carbocycles. The van der Waals surface area contributed by atoms with Gasteiger partial charge in [0.1, 0.15) is 0 Å². The first-order valence-corrected chi connectivity index (χ1v) is 7.87. The molecule has 2 fully saturated rings. The number of rotatable bonds is 5. The highest BCUT2D eigenvalue weighted by Crippen LogP contribution is 2.22. The lowest BCUT2D eigenvalue weighted by Gasteiger charge is -2.25. The van der Waals surface area contributed by atoms with E-state index in [1.54, 1.807) is 6.20 Å². The fourth-order valence-electron chi connectivity index (χ4n) is 3.25. The molecule has 2 aliphatic heterocycles. The van der Waals surface area contributed by atoms with Crippen LogP contribution in [0.15, 0.2) is 18.3 Å². The van der Waals surface area contributed by atoms with Gasteiger partial charge in [0.25, 0.3) is 0 Å². The lowest BCUT2D eigenvalue weighted by atomic mass is 10.1. The van der Waals surface area contributed by atoms with E-state index in [1.807, 2.05) is 12.1 Å². The maximum absolute atomic E-state index is 12.0. The number of nitrogens with one attached hydrogen (secondary N) is 2. The van der Waals surface area contributed by atoms with Crippen LogP contribution in [0, 0.1) is 0 Å². The van der Waals surface area contributed by atoms with Crippen molar-refractivity contribution in [2.24, 2.45) is 0 Å². The van der Waals surface area contributed by atoms with Crippen molar-refractivity contribution in [3.05, 3.63) is 18.3 Å². The maximum Gasteiger partial charge on any atom is 0.221 e. The third kappa shape index (κ3) is 3.69. The SMILES string of the molecule is O=C(CC1CCCN1)NCC1CCCN1c1cccnn1. The van der Waals surface area contributed by atoms with E-state index in [0.29, 0.717) is 25.0 Å². The summed E-state index contributed by atoms with van der Waals surface area (Å²) in [5.74, 6) is 1.06. The van der Waals surface area contributed by atoms with E-state index >= 15 is 0 Å². The molecule has 6 nitrogen and oxygen atoms in total. The molecule has 1 amide bonds. The smallest absolute Gasteiger partial charge is 0.221 e. The largest absolute Gasteiger partial charge is 0.354 e. The fourth-order valence-corrected chi connectivity index (χ4v) is 3.25. The highest BCUT2D eigenvalue weighted by Gasteiger charge is 2.26. The molecule has 2 saturated heterocycles. The molecule has 3 heterocycles. The Balaban J connectivity index is 1.48. The number of hydrogen-bond donors (Lipinski definition) is 2. The molecule has 2 unspecified atom stereocenters. The summed E-state index contributed by atoms with van der Waals surface area (Å²) < 4.78 is 0. The monoisotopic (exact) mass is 289 g/mol. The fraction of sp³-hybridized carbons (Fsp3) is 0.667. The molecule has 114 valence electrons. The summed E-state index contributed by atoms with van der Waals surface area (Å²) in [6.45, 7) is 2.73. The zero-order valence-corrected chi connectivity index (χ0v) is 12.3. The Labute approximate surface area is 125 Å². The predicted octanol–water partition coefficient (Wildman–Crippen LogP) is 0.704. The molecule has 0 bridgehead atoms. The van der Waals surface area contributed by atoms with Crippen molar-refractivity contribution >= 4 is 11.7 Å². The molecular formula is C15H23N5O. The van der Waals surface area contributed by atoms with Gasteiger partial charge in [-0.3, -0.25) is 4.79 Å². The van der Waals surface area contributed by atoms with Crippen LogP contribution in [0.25, 0.3) is 0 Å². The number of carbonyl (C=O) groups excluding carboxylic acids is 1. The molecule has 3 rings (SSSR count). The van der Waals surface area contributed by atoms with E-state index in [9.17, 15) is 4.79 Å². The minimum atomic E-state index is 0.153. The number of anilines is 1. The van der Waals surface area contributed by atoms with Crippen molar-refractivity contribution in [3.8, 4) is 0 Å². The quantitative estimate of drug-likeness (QED) is 0.835. The first-order chi connectivity index (χ1) is 10.3. The van der Waals surface area contributed by atoms with Crippen LogP contribution in [0.2, 0.25) is 0 Å². The Kier molecular flexibility index (Phi) is 4.65. The molecule has 21 heavy (non-hydrogen) atoms. The Morgan fingerprint density at radius 1 is 1.43 bits per heavy atom. The summed E-state index contributed by atoms with van der Waals surface area (Å²) in [5, 5.41) is 14.6. The van der Waals surface area contributed by atoms with Crippen molar-refractivity contribution in [2.75, 3.05) is 24.5 Å². The van der Waals surface area contributed by atoms with Crippen LogP contribution >= 0.6 is 0 Å². The average molecular weight is 289 g/mol. The number of hydrogen-bond acceptors (Lipinski definition) is 5. The normalized spacial score (nSPS) is 25.2. The van der Waals surface area contributed by atoms with Crippen molar-refractivity contribution in [3.63, 3.8) is 0 Å². The van der Waals surface area contributed by atoms with Gasteiger partial charge < -0.3 is 15.5 Å². The van der Waals surface area contributed by atoms with Gasteiger partial charge >= 0.3 is 0 Å². The zero-order valence-electron chi connectivity index (χ0n) is 12.3. The van der Waals surface area contributed by atoms with Crippen molar-refractivity contribution < 1.29 is 4.79 Å². The van der Waals surface area contributed by atoms with Crippen LogP contribution in [0.1, 0.15) is 32.1 Å². The molecule has 2 N–H and O–H groups in total.